The first-order valence-electron chi connectivity index (χ1n) is 5.78. The molecule has 5 nitrogen and oxygen atoms in total. The highest BCUT2D eigenvalue weighted by atomic mass is 19.1. The number of carboxylic acids is 1. The van der Waals surface area contributed by atoms with Crippen LogP contribution in [0.5, 0.6) is 0 Å². The molecule has 1 heterocycles. The minimum absolute atomic E-state index is 0.0958. The van der Waals surface area contributed by atoms with Crippen molar-refractivity contribution < 1.29 is 19.1 Å². The van der Waals surface area contributed by atoms with Crippen LogP contribution >= 0.6 is 0 Å². The van der Waals surface area contributed by atoms with E-state index in [2.05, 4.69) is 10.3 Å². The van der Waals surface area contributed by atoms with Crippen molar-refractivity contribution in [3.05, 3.63) is 59.7 Å². The van der Waals surface area contributed by atoms with Gasteiger partial charge >= 0.3 is 5.97 Å². The van der Waals surface area contributed by atoms with Gasteiger partial charge in [-0.3, -0.25) is 4.79 Å². The van der Waals surface area contributed by atoms with Crippen LogP contribution in [0.4, 0.5) is 10.1 Å². The van der Waals surface area contributed by atoms with Crippen LogP contribution in [-0.2, 0) is 11.2 Å². The largest absolute Gasteiger partial charge is 0.477 e. The lowest BCUT2D eigenvalue weighted by atomic mass is 10.1. The molecular weight excluding hydrogens is 263 g/mol. The Morgan fingerprint density at radius 3 is 2.40 bits per heavy atom. The number of nitrogens with one attached hydrogen (secondary N) is 1. The number of nitrogens with zero attached hydrogens (tertiary/aromatic N) is 1. The molecule has 2 rings (SSSR count). The van der Waals surface area contributed by atoms with E-state index in [1.807, 2.05) is 0 Å². The first kappa shape index (κ1) is 13.7. The molecule has 6 heteroatoms. The monoisotopic (exact) mass is 274 g/mol. The van der Waals surface area contributed by atoms with E-state index < -0.39 is 5.97 Å². The van der Waals surface area contributed by atoms with Crippen molar-refractivity contribution in [1.82, 2.24) is 4.98 Å². The Hall–Kier alpha value is -2.76. The Morgan fingerprint density at radius 1 is 1.15 bits per heavy atom. The van der Waals surface area contributed by atoms with Gasteiger partial charge in [0.15, 0.2) is 0 Å². The standard InChI is InChI=1S/C14H11FN2O3/c15-10-3-1-9(2-4-10)7-13(18)17-11-5-6-12(14(19)20)16-8-11/h1-6,8H,7H2,(H,17,18)(H,19,20). The minimum Gasteiger partial charge on any atom is -0.477 e. The van der Waals surface area contributed by atoms with E-state index in [0.29, 0.717) is 11.3 Å². The molecule has 0 aliphatic heterocycles. The van der Waals surface area contributed by atoms with Gasteiger partial charge in [-0.1, -0.05) is 12.1 Å². The molecule has 0 radical (unpaired) electrons. The maximum absolute atomic E-state index is 12.7. The third kappa shape index (κ3) is 3.61. The Labute approximate surface area is 114 Å². The van der Waals surface area contributed by atoms with Gasteiger partial charge in [-0.05, 0) is 29.8 Å². The van der Waals surface area contributed by atoms with Crippen LogP contribution in [0.2, 0.25) is 0 Å². The Kier molecular flexibility index (Phi) is 4.05. The summed E-state index contributed by atoms with van der Waals surface area (Å²) >= 11 is 0. The molecular formula is C14H11FN2O3. The number of carbonyl (C=O) groups excluding carboxylic acids is 1. The highest BCUT2D eigenvalue weighted by Crippen LogP contribution is 2.08. The number of aromatic carboxylic acids is 1. The summed E-state index contributed by atoms with van der Waals surface area (Å²) in [7, 11) is 0. The molecule has 0 fully saturated rings. The predicted molar refractivity (Wildman–Crippen MR) is 69.9 cm³/mol. The van der Waals surface area contributed by atoms with E-state index in [-0.39, 0.29) is 23.8 Å². The fourth-order valence-corrected chi connectivity index (χ4v) is 1.59. The lowest BCUT2D eigenvalue weighted by Crippen LogP contribution is -2.14. The van der Waals surface area contributed by atoms with Gasteiger partial charge in [0.25, 0.3) is 0 Å². The number of carboxylic acid groups (broad SMARTS) is 1. The maximum atomic E-state index is 12.7. The van der Waals surface area contributed by atoms with Crippen LogP contribution in [0.3, 0.4) is 0 Å². The van der Waals surface area contributed by atoms with Gasteiger partial charge in [-0.25, -0.2) is 14.2 Å². The second kappa shape index (κ2) is 5.92. The maximum Gasteiger partial charge on any atom is 0.354 e. The topological polar surface area (TPSA) is 79.3 Å². The number of aromatic nitrogens is 1. The van der Waals surface area contributed by atoms with Crippen LogP contribution in [0.1, 0.15) is 16.1 Å². The molecule has 1 aromatic carbocycles. The second-order valence-electron chi connectivity index (χ2n) is 4.09. The SMILES string of the molecule is O=C(Cc1ccc(F)cc1)Nc1ccc(C(=O)O)nc1. The van der Waals surface area contributed by atoms with Crippen molar-refractivity contribution in [2.45, 2.75) is 6.42 Å². The third-order valence-corrected chi connectivity index (χ3v) is 2.54. The average molecular weight is 274 g/mol. The van der Waals surface area contributed by atoms with Gasteiger partial charge in [-0.15, -0.1) is 0 Å². The molecule has 0 aliphatic rings. The van der Waals surface area contributed by atoms with E-state index in [0.717, 1.165) is 0 Å². The van der Waals surface area contributed by atoms with Gasteiger partial charge in [-0.2, -0.15) is 0 Å². The van der Waals surface area contributed by atoms with Crippen molar-refractivity contribution >= 4 is 17.6 Å². The predicted octanol–water partition coefficient (Wildman–Crippen LogP) is 2.10. The number of pyridine rings is 1. The number of amides is 1. The smallest absolute Gasteiger partial charge is 0.354 e. The molecule has 20 heavy (non-hydrogen) atoms. The van der Waals surface area contributed by atoms with E-state index in [4.69, 9.17) is 5.11 Å². The fraction of sp³-hybridized carbons (Fsp3) is 0.0714. The Balaban J connectivity index is 1.97. The number of anilines is 1. The summed E-state index contributed by atoms with van der Waals surface area (Å²) in [5.41, 5.74) is 0.989. The first-order chi connectivity index (χ1) is 9.54. The summed E-state index contributed by atoms with van der Waals surface area (Å²) in [6, 6.07) is 8.38. The lowest BCUT2D eigenvalue weighted by Gasteiger charge is -2.05. The molecule has 0 spiro atoms. The number of carbonyl (C=O) groups is 2. The summed E-state index contributed by atoms with van der Waals surface area (Å²) < 4.78 is 12.7. The van der Waals surface area contributed by atoms with Gasteiger partial charge in [0.05, 0.1) is 18.3 Å². The molecule has 1 amide bonds. The summed E-state index contributed by atoms with van der Waals surface area (Å²) in [4.78, 5) is 26.0. The summed E-state index contributed by atoms with van der Waals surface area (Å²) in [6.45, 7) is 0. The van der Waals surface area contributed by atoms with Gasteiger partial charge in [0.1, 0.15) is 11.5 Å². The molecule has 0 aliphatic carbocycles. The lowest BCUT2D eigenvalue weighted by molar-refractivity contribution is -0.115. The van der Waals surface area contributed by atoms with Crippen molar-refractivity contribution in [3.63, 3.8) is 0 Å². The Bertz CT molecular complexity index is 624. The zero-order valence-electron chi connectivity index (χ0n) is 10.3. The molecule has 0 saturated carbocycles. The van der Waals surface area contributed by atoms with Crippen LogP contribution < -0.4 is 5.32 Å². The molecule has 0 unspecified atom stereocenters. The average Bonchev–Trinajstić information content (AvgIpc) is 2.42. The third-order valence-electron chi connectivity index (χ3n) is 2.54. The molecule has 0 saturated heterocycles. The summed E-state index contributed by atoms with van der Waals surface area (Å²) in [6.07, 6.45) is 1.37. The van der Waals surface area contributed by atoms with Crippen LogP contribution in [0.15, 0.2) is 42.6 Å². The van der Waals surface area contributed by atoms with Crippen LogP contribution in [0.25, 0.3) is 0 Å². The molecule has 102 valence electrons. The van der Waals surface area contributed by atoms with Crippen LogP contribution in [-0.4, -0.2) is 22.0 Å². The van der Waals surface area contributed by atoms with E-state index in [1.165, 1.54) is 42.6 Å². The zero-order chi connectivity index (χ0) is 14.5. The van der Waals surface area contributed by atoms with Gasteiger partial charge < -0.3 is 10.4 Å². The number of rotatable bonds is 4. The summed E-state index contributed by atoms with van der Waals surface area (Å²) in [5.74, 6) is -1.78. The van der Waals surface area contributed by atoms with Crippen LogP contribution in [0, 0.1) is 5.82 Å². The quantitative estimate of drug-likeness (QED) is 0.894. The van der Waals surface area contributed by atoms with Crippen molar-refractivity contribution in [2.24, 2.45) is 0 Å². The highest BCUT2D eigenvalue weighted by Gasteiger charge is 2.07. The molecule has 0 bridgehead atoms. The minimum atomic E-state index is -1.13. The zero-order valence-corrected chi connectivity index (χ0v) is 10.3. The number of benzene rings is 1. The normalized spacial score (nSPS) is 10.1. The van der Waals surface area contributed by atoms with E-state index in [1.54, 1.807) is 0 Å². The summed E-state index contributed by atoms with van der Waals surface area (Å²) in [5, 5.41) is 11.3. The molecule has 1 aromatic heterocycles. The van der Waals surface area contributed by atoms with Crippen molar-refractivity contribution in [3.8, 4) is 0 Å². The highest BCUT2D eigenvalue weighted by molar-refractivity contribution is 5.92. The van der Waals surface area contributed by atoms with E-state index in [9.17, 15) is 14.0 Å². The second-order valence-corrected chi connectivity index (χ2v) is 4.09. The fourth-order valence-electron chi connectivity index (χ4n) is 1.59. The van der Waals surface area contributed by atoms with Gasteiger partial charge in [0.2, 0.25) is 5.91 Å². The number of halogens is 1. The first-order valence-corrected chi connectivity index (χ1v) is 5.78. The van der Waals surface area contributed by atoms with Crippen molar-refractivity contribution in [2.75, 3.05) is 5.32 Å². The van der Waals surface area contributed by atoms with Crippen molar-refractivity contribution in [1.29, 1.82) is 0 Å². The molecule has 2 N–H and O–H groups in total. The van der Waals surface area contributed by atoms with E-state index >= 15 is 0 Å². The Morgan fingerprint density at radius 2 is 1.85 bits per heavy atom. The van der Waals surface area contributed by atoms with Gasteiger partial charge in [0, 0.05) is 0 Å². The molecule has 0 atom stereocenters. The number of hydrogen-bond donors (Lipinski definition) is 2. The molecule has 2 aromatic rings. The number of hydrogen-bond acceptors (Lipinski definition) is 3.